The number of likely N-dealkylation sites (tertiary alicyclic amines) is 1. The van der Waals surface area contributed by atoms with Crippen LogP contribution in [0.15, 0.2) is 36.4 Å². The van der Waals surface area contributed by atoms with E-state index in [2.05, 4.69) is 41.1 Å². The predicted molar refractivity (Wildman–Crippen MR) is 151 cm³/mol. The Hall–Kier alpha value is -2.81. The van der Waals surface area contributed by atoms with Crippen molar-refractivity contribution in [2.24, 2.45) is 11.8 Å². The maximum absolute atomic E-state index is 13.3. The number of amides is 1. The van der Waals surface area contributed by atoms with Gasteiger partial charge in [0.2, 0.25) is 11.0 Å². The van der Waals surface area contributed by atoms with Crippen molar-refractivity contribution >= 4 is 39.9 Å². The molecule has 1 aliphatic heterocycles. The van der Waals surface area contributed by atoms with Gasteiger partial charge in [0, 0.05) is 23.7 Å². The molecule has 1 amide bonds. The molecule has 2 aliphatic rings. The van der Waals surface area contributed by atoms with Crippen molar-refractivity contribution in [2.45, 2.75) is 52.5 Å². The van der Waals surface area contributed by atoms with Crippen molar-refractivity contribution < 1.29 is 14.7 Å². The van der Waals surface area contributed by atoms with Crippen LogP contribution in [0.25, 0.3) is 10.6 Å². The number of halogens is 1. The van der Waals surface area contributed by atoms with Gasteiger partial charge in [0.05, 0.1) is 12.3 Å². The van der Waals surface area contributed by atoms with E-state index in [0.717, 1.165) is 48.6 Å². The largest absolute Gasteiger partial charge is 0.481 e. The van der Waals surface area contributed by atoms with Crippen molar-refractivity contribution in [3.8, 4) is 10.6 Å². The van der Waals surface area contributed by atoms with Gasteiger partial charge < -0.3 is 5.11 Å². The molecule has 3 aromatic rings. The fraction of sp³-hybridized carbons (Fsp3) is 0.448. The molecule has 0 atom stereocenters. The molecule has 200 valence electrons. The Kier molecular flexibility index (Phi) is 8.12. The number of aliphatic carboxylic acids is 1. The SMILES string of the molecule is Cc1cc(-c2nnc(N(CC3CC3)C(=O)Cc3ccccc3Cl)s2)cc(C)c1CN1CCC(C(=O)O)CC1. The molecule has 2 aromatic carbocycles. The van der Waals surface area contributed by atoms with Gasteiger partial charge in [0.15, 0.2) is 0 Å². The smallest absolute Gasteiger partial charge is 0.306 e. The van der Waals surface area contributed by atoms with Crippen molar-refractivity contribution in [1.82, 2.24) is 15.1 Å². The molecule has 1 aromatic heterocycles. The van der Waals surface area contributed by atoms with E-state index in [0.29, 0.717) is 35.5 Å². The summed E-state index contributed by atoms with van der Waals surface area (Å²) in [6.45, 7) is 7.31. The minimum atomic E-state index is -0.681. The highest BCUT2D eigenvalue weighted by atomic mass is 35.5. The van der Waals surface area contributed by atoms with E-state index in [1.54, 1.807) is 4.90 Å². The summed E-state index contributed by atoms with van der Waals surface area (Å²) < 4.78 is 0. The maximum atomic E-state index is 13.3. The standard InChI is InChI=1S/C29H33ClN4O3S/c1-18-13-23(14-19(2)24(18)17-33-11-9-21(10-12-33)28(36)37)27-31-32-29(38-27)34(16-20-7-8-20)26(35)15-22-5-3-4-6-25(22)30/h3-6,13-14,20-21H,7-12,15-17H2,1-2H3,(H,36,37). The number of carboxylic acid groups (broad SMARTS) is 1. The zero-order valence-electron chi connectivity index (χ0n) is 21.8. The monoisotopic (exact) mass is 552 g/mol. The van der Waals surface area contributed by atoms with Crippen molar-refractivity contribution in [1.29, 1.82) is 0 Å². The third-order valence-corrected chi connectivity index (χ3v) is 9.01. The van der Waals surface area contributed by atoms with Gasteiger partial charge in [-0.05, 0) is 99.0 Å². The third kappa shape index (κ3) is 6.25. The number of hydrogen-bond acceptors (Lipinski definition) is 6. The highest BCUT2D eigenvalue weighted by Gasteiger charge is 2.30. The first-order valence-corrected chi connectivity index (χ1v) is 14.4. The van der Waals surface area contributed by atoms with Crippen LogP contribution < -0.4 is 4.90 Å². The fourth-order valence-electron chi connectivity index (χ4n) is 5.11. The first kappa shape index (κ1) is 26.8. The minimum Gasteiger partial charge on any atom is -0.481 e. The number of aryl methyl sites for hydroxylation is 2. The molecule has 2 fully saturated rings. The Morgan fingerprint density at radius 1 is 1.08 bits per heavy atom. The van der Waals surface area contributed by atoms with Crippen molar-refractivity contribution in [3.05, 3.63) is 63.7 Å². The summed E-state index contributed by atoms with van der Waals surface area (Å²) in [6.07, 6.45) is 3.90. The quantitative estimate of drug-likeness (QED) is 0.363. The first-order chi connectivity index (χ1) is 18.3. The summed E-state index contributed by atoms with van der Waals surface area (Å²) in [4.78, 5) is 28.8. The van der Waals surface area contributed by atoms with Crippen LogP contribution in [0, 0.1) is 25.7 Å². The molecule has 0 bridgehead atoms. The van der Waals surface area contributed by atoms with Crippen LogP contribution in [-0.2, 0) is 22.6 Å². The van der Waals surface area contributed by atoms with Gasteiger partial charge in [-0.15, -0.1) is 10.2 Å². The lowest BCUT2D eigenvalue weighted by atomic mass is 9.95. The second-order valence-electron chi connectivity index (χ2n) is 10.6. The van der Waals surface area contributed by atoms with Gasteiger partial charge in [0.25, 0.3) is 0 Å². The summed E-state index contributed by atoms with van der Waals surface area (Å²) in [5, 5.41) is 20.2. The van der Waals surface area contributed by atoms with Crippen LogP contribution in [0.2, 0.25) is 5.02 Å². The zero-order chi connectivity index (χ0) is 26.8. The third-order valence-electron chi connectivity index (χ3n) is 7.65. The highest BCUT2D eigenvalue weighted by molar-refractivity contribution is 7.18. The number of carbonyl (C=O) groups excluding carboxylic acids is 1. The van der Waals surface area contributed by atoms with Gasteiger partial charge in [-0.3, -0.25) is 19.4 Å². The molecule has 0 radical (unpaired) electrons. The number of piperidine rings is 1. The van der Waals surface area contributed by atoms with Crippen molar-refractivity contribution in [2.75, 3.05) is 24.5 Å². The van der Waals surface area contributed by atoms with E-state index < -0.39 is 5.97 Å². The normalized spacial score (nSPS) is 16.5. The van der Waals surface area contributed by atoms with E-state index in [1.807, 2.05) is 24.3 Å². The molecule has 0 spiro atoms. The number of nitrogens with zero attached hydrogens (tertiary/aromatic N) is 4. The minimum absolute atomic E-state index is 0.0120. The molecule has 2 heterocycles. The molecule has 1 aliphatic carbocycles. The lowest BCUT2D eigenvalue weighted by Crippen LogP contribution is -2.36. The average Bonchev–Trinajstić information content (AvgIpc) is 3.59. The molecule has 7 nitrogen and oxygen atoms in total. The van der Waals surface area contributed by atoms with Gasteiger partial charge in [-0.1, -0.05) is 41.1 Å². The van der Waals surface area contributed by atoms with Crippen LogP contribution in [0.3, 0.4) is 0 Å². The molecule has 1 saturated heterocycles. The fourth-order valence-corrected chi connectivity index (χ4v) is 6.18. The Morgan fingerprint density at radius 2 is 1.76 bits per heavy atom. The number of carbonyl (C=O) groups is 2. The molecule has 5 rings (SSSR count). The maximum Gasteiger partial charge on any atom is 0.306 e. The second-order valence-corrected chi connectivity index (χ2v) is 11.9. The highest BCUT2D eigenvalue weighted by Crippen LogP contribution is 2.36. The van der Waals surface area contributed by atoms with Crippen LogP contribution >= 0.6 is 22.9 Å². The predicted octanol–water partition coefficient (Wildman–Crippen LogP) is 5.76. The molecular formula is C29H33ClN4O3S. The topological polar surface area (TPSA) is 86.6 Å². The lowest BCUT2D eigenvalue weighted by molar-refractivity contribution is -0.143. The number of anilines is 1. The number of rotatable bonds is 9. The van der Waals surface area contributed by atoms with Crippen molar-refractivity contribution in [3.63, 3.8) is 0 Å². The van der Waals surface area contributed by atoms with Gasteiger partial charge >= 0.3 is 5.97 Å². The van der Waals surface area contributed by atoms with Gasteiger partial charge in [0.1, 0.15) is 5.01 Å². The van der Waals surface area contributed by atoms with E-state index in [4.69, 9.17) is 11.6 Å². The Balaban J connectivity index is 1.31. The Labute approximate surface area is 232 Å². The van der Waals surface area contributed by atoms with E-state index in [-0.39, 0.29) is 18.2 Å². The second kappa shape index (κ2) is 11.5. The average molecular weight is 553 g/mol. The number of hydrogen-bond donors (Lipinski definition) is 1. The Bertz CT molecular complexity index is 1310. The van der Waals surface area contributed by atoms with E-state index in [9.17, 15) is 14.7 Å². The van der Waals surface area contributed by atoms with Crippen LogP contribution in [0.4, 0.5) is 5.13 Å². The number of benzene rings is 2. The lowest BCUT2D eigenvalue weighted by Gasteiger charge is -2.31. The van der Waals surface area contributed by atoms with E-state index in [1.165, 1.54) is 28.0 Å². The Morgan fingerprint density at radius 3 is 2.39 bits per heavy atom. The molecule has 1 saturated carbocycles. The molecule has 0 unspecified atom stereocenters. The number of carboxylic acids is 1. The number of aromatic nitrogens is 2. The van der Waals surface area contributed by atoms with Gasteiger partial charge in [-0.25, -0.2) is 0 Å². The van der Waals surface area contributed by atoms with E-state index >= 15 is 0 Å². The summed E-state index contributed by atoms with van der Waals surface area (Å²) in [5.74, 6) is -0.401. The van der Waals surface area contributed by atoms with Crippen LogP contribution in [0.1, 0.15) is 47.9 Å². The summed E-state index contributed by atoms with van der Waals surface area (Å²) in [6, 6.07) is 11.8. The molecule has 9 heteroatoms. The van der Waals surface area contributed by atoms with Gasteiger partial charge in [-0.2, -0.15) is 0 Å². The summed E-state index contributed by atoms with van der Waals surface area (Å²) in [7, 11) is 0. The summed E-state index contributed by atoms with van der Waals surface area (Å²) in [5.41, 5.74) is 5.46. The van der Waals surface area contributed by atoms with Crippen LogP contribution in [0.5, 0.6) is 0 Å². The first-order valence-electron chi connectivity index (χ1n) is 13.2. The molecule has 1 N–H and O–H groups in total. The molecule has 38 heavy (non-hydrogen) atoms. The van der Waals surface area contributed by atoms with Crippen LogP contribution in [-0.4, -0.2) is 51.7 Å². The zero-order valence-corrected chi connectivity index (χ0v) is 23.4. The molecular weight excluding hydrogens is 520 g/mol. The summed E-state index contributed by atoms with van der Waals surface area (Å²) >= 11 is 7.77.